The molecule has 6 nitrogen and oxygen atoms in total. The maximum absolute atomic E-state index is 13.5. The SMILES string of the molecule is CN=C(NCCOc1ccc(F)cc1F)NCCc1csc(N2CCCC2)n1.I. The van der Waals surface area contributed by atoms with Crippen molar-refractivity contribution < 1.29 is 13.5 Å². The lowest BCUT2D eigenvalue weighted by atomic mass is 10.3. The fourth-order valence-electron chi connectivity index (χ4n) is 2.92. The van der Waals surface area contributed by atoms with Gasteiger partial charge in [-0.2, -0.15) is 0 Å². The number of nitrogens with zero attached hydrogens (tertiary/aromatic N) is 3. The van der Waals surface area contributed by atoms with Gasteiger partial charge in [-0.25, -0.2) is 13.8 Å². The zero-order chi connectivity index (χ0) is 19.8. The van der Waals surface area contributed by atoms with E-state index in [4.69, 9.17) is 9.72 Å². The van der Waals surface area contributed by atoms with Crippen LogP contribution in [0.4, 0.5) is 13.9 Å². The molecule has 1 aromatic carbocycles. The van der Waals surface area contributed by atoms with Crippen LogP contribution in [0.1, 0.15) is 18.5 Å². The fraction of sp³-hybridized carbons (Fsp3) is 0.474. The van der Waals surface area contributed by atoms with Gasteiger partial charge in [-0.1, -0.05) is 0 Å². The second kappa shape index (κ2) is 12.1. The maximum Gasteiger partial charge on any atom is 0.191 e. The average molecular weight is 537 g/mol. The van der Waals surface area contributed by atoms with Gasteiger partial charge in [-0.05, 0) is 25.0 Å². The van der Waals surface area contributed by atoms with Gasteiger partial charge in [0.2, 0.25) is 0 Å². The molecule has 1 aliphatic rings. The van der Waals surface area contributed by atoms with E-state index in [1.54, 1.807) is 18.4 Å². The number of hydrogen-bond acceptors (Lipinski definition) is 5. The van der Waals surface area contributed by atoms with Gasteiger partial charge in [-0.15, -0.1) is 35.3 Å². The summed E-state index contributed by atoms with van der Waals surface area (Å²) in [6.07, 6.45) is 3.30. The highest BCUT2D eigenvalue weighted by Crippen LogP contribution is 2.24. The molecule has 0 bridgehead atoms. The molecule has 2 aromatic rings. The minimum atomic E-state index is -0.709. The largest absolute Gasteiger partial charge is 0.489 e. The number of anilines is 1. The van der Waals surface area contributed by atoms with Crippen LogP contribution in [0.2, 0.25) is 0 Å². The van der Waals surface area contributed by atoms with Gasteiger partial charge in [0.1, 0.15) is 12.4 Å². The van der Waals surface area contributed by atoms with Crippen molar-refractivity contribution in [3.8, 4) is 5.75 Å². The molecule has 3 rings (SSSR count). The summed E-state index contributed by atoms with van der Waals surface area (Å²) < 4.78 is 31.7. The molecule has 1 fully saturated rings. The highest BCUT2D eigenvalue weighted by atomic mass is 127. The second-order valence-corrected chi connectivity index (χ2v) is 7.25. The maximum atomic E-state index is 13.5. The standard InChI is InChI=1S/C19H25F2N5OS.HI/c1-22-18(24-8-11-27-17-5-4-14(20)12-16(17)21)23-7-6-15-13-28-19(25-15)26-9-2-3-10-26;/h4-5,12-13H,2-3,6-11H2,1H3,(H2,22,23,24);1H. The molecule has 0 radical (unpaired) electrons. The molecule has 1 saturated heterocycles. The summed E-state index contributed by atoms with van der Waals surface area (Å²) in [5.41, 5.74) is 1.07. The van der Waals surface area contributed by atoms with E-state index in [1.807, 2.05) is 0 Å². The molecule has 29 heavy (non-hydrogen) atoms. The Morgan fingerprint density at radius 2 is 2.00 bits per heavy atom. The molecule has 2 heterocycles. The van der Waals surface area contributed by atoms with E-state index in [1.165, 1.54) is 25.0 Å². The quantitative estimate of drug-likeness (QED) is 0.234. The van der Waals surface area contributed by atoms with Gasteiger partial charge in [-0.3, -0.25) is 4.99 Å². The molecule has 2 N–H and O–H groups in total. The van der Waals surface area contributed by atoms with Crippen molar-refractivity contribution in [3.05, 3.63) is 40.9 Å². The van der Waals surface area contributed by atoms with Gasteiger partial charge in [0.25, 0.3) is 0 Å². The number of thiazole rings is 1. The van der Waals surface area contributed by atoms with Gasteiger partial charge < -0.3 is 20.3 Å². The molecule has 160 valence electrons. The van der Waals surface area contributed by atoms with E-state index in [0.29, 0.717) is 19.0 Å². The molecule has 10 heteroatoms. The molecule has 0 unspecified atom stereocenters. The van der Waals surface area contributed by atoms with E-state index in [2.05, 4.69) is 25.9 Å². The lowest BCUT2D eigenvalue weighted by Crippen LogP contribution is -2.40. The van der Waals surface area contributed by atoms with Crippen LogP contribution in [-0.4, -0.2) is 50.8 Å². The average Bonchev–Trinajstić information content (AvgIpc) is 3.36. The van der Waals surface area contributed by atoms with Crippen molar-refractivity contribution in [2.45, 2.75) is 19.3 Å². The molecule has 0 aliphatic carbocycles. The zero-order valence-electron chi connectivity index (χ0n) is 16.3. The normalized spacial score (nSPS) is 13.9. The Hall–Kier alpha value is -1.69. The predicted molar refractivity (Wildman–Crippen MR) is 124 cm³/mol. The minimum Gasteiger partial charge on any atom is -0.489 e. The molecule has 1 aliphatic heterocycles. The summed E-state index contributed by atoms with van der Waals surface area (Å²) >= 11 is 1.70. The number of halogens is 3. The summed E-state index contributed by atoms with van der Waals surface area (Å²) in [7, 11) is 1.68. The Labute approximate surface area is 190 Å². The third-order valence-corrected chi connectivity index (χ3v) is 5.31. The lowest BCUT2D eigenvalue weighted by molar-refractivity contribution is 0.304. The highest BCUT2D eigenvalue weighted by Gasteiger charge is 2.15. The first-order chi connectivity index (χ1) is 13.7. The number of aliphatic imine (C=N–C) groups is 1. The van der Waals surface area contributed by atoms with Crippen molar-refractivity contribution >= 4 is 46.4 Å². The smallest absolute Gasteiger partial charge is 0.191 e. The number of ether oxygens (including phenoxy) is 1. The van der Waals surface area contributed by atoms with E-state index in [-0.39, 0.29) is 36.3 Å². The summed E-state index contributed by atoms with van der Waals surface area (Å²) in [6, 6.07) is 3.25. The van der Waals surface area contributed by atoms with Crippen molar-refractivity contribution in [2.24, 2.45) is 4.99 Å². The van der Waals surface area contributed by atoms with Crippen LogP contribution in [0.5, 0.6) is 5.75 Å². The van der Waals surface area contributed by atoms with Crippen LogP contribution in [0.25, 0.3) is 0 Å². The van der Waals surface area contributed by atoms with Crippen LogP contribution in [0, 0.1) is 11.6 Å². The Morgan fingerprint density at radius 1 is 1.24 bits per heavy atom. The molecule has 0 spiro atoms. The summed E-state index contributed by atoms with van der Waals surface area (Å²) in [5.74, 6) is -0.666. The first-order valence-corrected chi connectivity index (χ1v) is 10.3. The third kappa shape index (κ3) is 7.25. The lowest BCUT2D eigenvalue weighted by Gasteiger charge is -2.13. The number of benzene rings is 1. The van der Waals surface area contributed by atoms with Gasteiger partial charge in [0.15, 0.2) is 22.7 Å². The highest BCUT2D eigenvalue weighted by molar-refractivity contribution is 14.0. The number of rotatable bonds is 8. The van der Waals surface area contributed by atoms with Crippen molar-refractivity contribution in [1.82, 2.24) is 15.6 Å². The third-order valence-electron chi connectivity index (χ3n) is 4.36. The van der Waals surface area contributed by atoms with Gasteiger partial charge >= 0.3 is 0 Å². The monoisotopic (exact) mass is 537 g/mol. The Bertz CT molecular complexity index is 799. The van der Waals surface area contributed by atoms with E-state index in [9.17, 15) is 8.78 Å². The Balaban J connectivity index is 0.00000300. The first kappa shape index (κ1) is 23.6. The molecule has 0 atom stereocenters. The predicted octanol–water partition coefficient (Wildman–Crippen LogP) is 3.43. The second-order valence-electron chi connectivity index (χ2n) is 6.41. The zero-order valence-corrected chi connectivity index (χ0v) is 19.4. The van der Waals surface area contributed by atoms with E-state index >= 15 is 0 Å². The number of nitrogens with one attached hydrogen (secondary N) is 2. The Kier molecular flexibility index (Phi) is 9.85. The molecule has 1 aromatic heterocycles. The van der Waals surface area contributed by atoms with Gasteiger partial charge in [0, 0.05) is 44.5 Å². The van der Waals surface area contributed by atoms with Gasteiger partial charge in [0.05, 0.1) is 12.2 Å². The van der Waals surface area contributed by atoms with E-state index < -0.39 is 11.6 Å². The van der Waals surface area contributed by atoms with Crippen molar-refractivity contribution in [1.29, 1.82) is 0 Å². The van der Waals surface area contributed by atoms with Crippen LogP contribution < -0.4 is 20.3 Å². The fourth-order valence-corrected chi connectivity index (χ4v) is 3.83. The topological polar surface area (TPSA) is 61.8 Å². The van der Waals surface area contributed by atoms with Crippen LogP contribution in [0.3, 0.4) is 0 Å². The summed E-state index contributed by atoms with van der Waals surface area (Å²) in [4.78, 5) is 11.2. The van der Waals surface area contributed by atoms with Crippen molar-refractivity contribution in [2.75, 3.05) is 44.7 Å². The van der Waals surface area contributed by atoms with E-state index in [0.717, 1.165) is 36.4 Å². The first-order valence-electron chi connectivity index (χ1n) is 9.37. The van der Waals surface area contributed by atoms with Crippen LogP contribution in [0.15, 0.2) is 28.6 Å². The van der Waals surface area contributed by atoms with Crippen molar-refractivity contribution in [3.63, 3.8) is 0 Å². The Morgan fingerprint density at radius 3 is 2.72 bits per heavy atom. The molecular weight excluding hydrogens is 511 g/mol. The summed E-state index contributed by atoms with van der Waals surface area (Å²) in [5, 5.41) is 9.54. The molecular formula is C19H26F2IN5OS. The molecule has 0 saturated carbocycles. The van der Waals surface area contributed by atoms with Crippen LogP contribution in [-0.2, 0) is 6.42 Å². The molecule has 0 amide bonds. The summed E-state index contributed by atoms with van der Waals surface area (Å²) in [6.45, 7) is 3.58. The number of hydrogen-bond donors (Lipinski definition) is 2. The number of guanidine groups is 1. The van der Waals surface area contributed by atoms with Crippen LogP contribution >= 0.6 is 35.3 Å². The number of aromatic nitrogens is 1. The minimum absolute atomic E-state index is 0.